The van der Waals surface area contributed by atoms with Crippen LogP contribution in [0.15, 0.2) is 42.5 Å². The maximum absolute atomic E-state index is 11.9. The normalized spacial score (nSPS) is 10.0. The number of carbonyl (C=O) groups is 2. The van der Waals surface area contributed by atoms with E-state index in [9.17, 15) is 9.59 Å². The van der Waals surface area contributed by atoms with Crippen LogP contribution in [0.25, 0.3) is 0 Å². The summed E-state index contributed by atoms with van der Waals surface area (Å²) in [5, 5.41) is 0.311. The number of carbonyl (C=O) groups excluding carboxylic acids is 2. The Kier molecular flexibility index (Phi) is 5.60. The van der Waals surface area contributed by atoms with Crippen LogP contribution in [0.5, 0.6) is 5.75 Å². The van der Waals surface area contributed by atoms with Crippen molar-refractivity contribution in [3.8, 4) is 5.75 Å². The summed E-state index contributed by atoms with van der Waals surface area (Å²) in [6.45, 7) is 3.60. The number of benzene rings is 2. The molecule has 0 bridgehead atoms. The van der Waals surface area contributed by atoms with Gasteiger partial charge in [-0.3, -0.25) is 20.4 Å². The molecule has 0 atom stereocenters. The molecule has 6 heteroatoms. The van der Waals surface area contributed by atoms with Crippen LogP contribution in [0.2, 0.25) is 5.02 Å². The van der Waals surface area contributed by atoms with Crippen LogP contribution in [-0.2, 0) is 4.79 Å². The minimum Gasteiger partial charge on any atom is -0.483 e. The average molecular weight is 333 g/mol. The summed E-state index contributed by atoms with van der Waals surface area (Å²) in [6, 6.07) is 12.3. The molecular formula is C17H17ClN2O3. The summed E-state index contributed by atoms with van der Waals surface area (Å²) < 4.78 is 5.50. The van der Waals surface area contributed by atoms with E-state index in [-0.39, 0.29) is 12.2 Å². The third kappa shape index (κ3) is 4.47. The van der Waals surface area contributed by atoms with Crippen molar-refractivity contribution in [1.82, 2.24) is 10.9 Å². The van der Waals surface area contributed by atoms with Gasteiger partial charge in [-0.05, 0) is 37.1 Å². The number of ether oxygens (including phenoxy) is 1. The Balaban J connectivity index is 1.86. The highest BCUT2D eigenvalue weighted by Gasteiger charge is 2.11. The summed E-state index contributed by atoms with van der Waals surface area (Å²) >= 11 is 5.91. The van der Waals surface area contributed by atoms with E-state index >= 15 is 0 Å². The van der Waals surface area contributed by atoms with E-state index < -0.39 is 11.8 Å². The first-order valence-corrected chi connectivity index (χ1v) is 7.39. The summed E-state index contributed by atoms with van der Waals surface area (Å²) in [5.74, 6) is -0.288. The van der Waals surface area contributed by atoms with Gasteiger partial charge in [-0.25, -0.2) is 0 Å². The molecule has 0 heterocycles. The summed E-state index contributed by atoms with van der Waals surface area (Å²) in [7, 11) is 0. The monoisotopic (exact) mass is 332 g/mol. The summed E-state index contributed by atoms with van der Waals surface area (Å²) in [4.78, 5) is 23.7. The van der Waals surface area contributed by atoms with Crippen LogP contribution >= 0.6 is 11.6 Å². The maximum atomic E-state index is 11.9. The van der Waals surface area contributed by atoms with Crippen LogP contribution in [-0.4, -0.2) is 18.4 Å². The number of halogens is 1. The fourth-order valence-corrected chi connectivity index (χ4v) is 2.26. The third-order valence-electron chi connectivity index (χ3n) is 3.19. The van der Waals surface area contributed by atoms with E-state index in [1.54, 1.807) is 24.3 Å². The third-order valence-corrected chi connectivity index (χ3v) is 3.52. The smallest absolute Gasteiger partial charge is 0.276 e. The molecule has 2 rings (SSSR count). The van der Waals surface area contributed by atoms with Gasteiger partial charge in [0, 0.05) is 0 Å². The molecule has 0 fully saturated rings. The molecule has 0 aromatic heterocycles. The number of hydrogen-bond acceptors (Lipinski definition) is 3. The largest absolute Gasteiger partial charge is 0.483 e. The molecule has 120 valence electrons. The zero-order valence-electron chi connectivity index (χ0n) is 12.9. The minimum atomic E-state index is -0.490. The van der Waals surface area contributed by atoms with Gasteiger partial charge in [-0.2, -0.15) is 0 Å². The lowest BCUT2D eigenvalue weighted by Crippen LogP contribution is -2.44. The second-order valence-electron chi connectivity index (χ2n) is 4.99. The molecule has 0 spiro atoms. The Labute approximate surface area is 139 Å². The lowest BCUT2D eigenvalue weighted by Gasteiger charge is -2.12. The number of amides is 2. The number of aryl methyl sites for hydroxylation is 2. The van der Waals surface area contributed by atoms with Crippen LogP contribution < -0.4 is 15.6 Å². The fourth-order valence-electron chi connectivity index (χ4n) is 2.04. The van der Waals surface area contributed by atoms with Gasteiger partial charge in [0.2, 0.25) is 0 Å². The van der Waals surface area contributed by atoms with Gasteiger partial charge in [0.15, 0.2) is 6.61 Å². The molecule has 0 saturated carbocycles. The Hall–Kier alpha value is -2.53. The van der Waals surface area contributed by atoms with Crippen LogP contribution in [0.1, 0.15) is 21.5 Å². The predicted octanol–water partition coefficient (Wildman–Crippen LogP) is 2.80. The van der Waals surface area contributed by atoms with Gasteiger partial charge < -0.3 is 4.74 Å². The maximum Gasteiger partial charge on any atom is 0.276 e. The number of hydrogen-bond donors (Lipinski definition) is 2. The molecule has 0 saturated heterocycles. The number of nitrogens with one attached hydrogen (secondary N) is 2. The van der Waals surface area contributed by atoms with Gasteiger partial charge in [-0.15, -0.1) is 0 Å². The average Bonchev–Trinajstić information content (AvgIpc) is 2.52. The minimum absolute atomic E-state index is 0.200. The molecule has 0 unspecified atom stereocenters. The molecule has 2 aromatic rings. The zero-order chi connectivity index (χ0) is 16.8. The van der Waals surface area contributed by atoms with Crippen molar-refractivity contribution in [2.24, 2.45) is 0 Å². The van der Waals surface area contributed by atoms with E-state index in [2.05, 4.69) is 10.9 Å². The Morgan fingerprint density at radius 1 is 1.00 bits per heavy atom. The first-order valence-electron chi connectivity index (χ1n) is 7.01. The highest BCUT2D eigenvalue weighted by atomic mass is 35.5. The van der Waals surface area contributed by atoms with Gasteiger partial charge >= 0.3 is 0 Å². The molecule has 2 N–H and O–H groups in total. The molecule has 2 aromatic carbocycles. The van der Waals surface area contributed by atoms with Gasteiger partial charge in [0.05, 0.1) is 10.6 Å². The summed E-state index contributed by atoms with van der Waals surface area (Å²) in [6.07, 6.45) is 0. The number of rotatable bonds is 4. The standard InChI is InChI=1S/C17H17ClN2O3/c1-11-6-5-7-12(2)16(11)23-10-15(21)19-20-17(22)13-8-3-4-9-14(13)18/h3-9H,10H2,1-2H3,(H,19,21)(H,20,22). The van der Waals surface area contributed by atoms with Crippen molar-refractivity contribution in [2.45, 2.75) is 13.8 Å². The van der Waals surface area contributed by atoms with E-state index in [1.807, 2.05) is 32.0 Å². The first kappa shape index (κ1) is 16.8. The Morgan fingerprint density at radius 2 is 1.65 bits per heavy atom. The molecule has 0 aliphatic carbocycles. The van der Waals surface area contributed by atoms with Gasteiger partial charge in [0.25, 0.3) is 11.8 Å². The van der Waals surface area contributed by atoms with Crippen molar-refractivity contribution in [3.05, 3.63) is 64.2 Å². The lowest BCUT2D eigenvalue weighted by atomic mass is 10.1. The van der Waals surface area contributed by atoms with Crippen molar-refractivity contribution >= 4 is 23.4 Å². The van der Waals surface area contributed by atoms with E-state index in [0.29, 0.717) is 10.8 Å². The first-order chi connectivity index (χ1) is 11.0. The molecule has 0 aliphatic heterocycles. The van der Waals surface area contributed by atoms with Crippen molar-refractivity contribution in [3.63, 3.8) is 0 Å². The predicted molar refractivity (Wildman–Crippen MR) is 88.5 cm³/mol. The van der Waals surface area contributed by atoms with E-state index in [1.165, 1.54) is 0 Å². The quantitative estimate of drug-likeness (QED) is 0.846. The van der Waals surface area contributed by atoms with Crippen LogP contribution in [0.3, 0.4) is 0 Å². The molecule has 5 nitrogen and oxygen atoms in total. The van der Waals surface area contributed by atoms with Gasteiger partial charge in [-0.1, -0.05) is 41.9 Å². The topological polar surface area (TPSA) is 67.4 Å². The van der Waals surface area contributed by atoms with Crippen LogP contribution in [0.4, 0.5) is 0 Å². The van der Waals surface area contributed by atoms with Crippen molar-refractivity contribution in [2.75, 3.05) is 6.61 Å². The van der Waals surface area contributed by atoms with Crippen molar-refractivity contribution < 1.29 is 14.3 Å². The molecule has 0 radical (unpaired) electrons. The SMILES string of the molecule is Cc1cccc(C)c1OCC(=O)NNC(=O)c1ccccc1Cl. The molecule has 0 aliphatic rings. The van der Waals surface area contributed by atoms with Crippen molar-refractivity contribution in [1.29, 1.82) is 0 Å². The highest BCUT2D eigenvalue weighted by molar-refractivity contribution is 6.33. The molecule has 2 amide bonds. The second-order valence-corrected chi connectivity index (χ2v) is 5.40. The fraction of sp³-hybridized carbons (Fsp3) is 0.176. The second kappa shape index (κ2) is 7.65. The van der Waals surface area contributed by atoms with Gasteiger partial charge in [0.1, 0.15) is 5.75 Å². The Bertz CT molecular complexity index is 711. The highest BCUT2D eigenvalue weighted by Crippen LogP contribution is 2.22. The van der Waals surface area contributed by atoms with E-state index in [0.717, 1.165) is 11.1 Å². The molecular weight excluding hydrogens is 316 g/mol. The Morgan fingerprint density at radius 3 is 2.30 bits per heavy atom. The number of para-hydroxylation sites is 1. The lowest BCUT2D eigenvalue weighted by molar-refractivity contribution is -0.123. The van der Waals surface area contributed by atoms with Crippen LogP contribution in [0, 0.1) is 13.8 Å². The zero-order valence-corrected chi connectivity index (χ0v) is 13.6. The molecule has 23 heavy (non-hydrogen) atoms. The number of hydrazine groups is 1. The summed E-state index contributed by atoms with van der Waals surface area (Å²) in [5.41, 5.74) is 6.76. The van der Waals surface area contributed by atoms with E-state index in [4.69, 9.17) is 16.3 Å².